The van der Waals surface area contributed by atoms with Gasteiger partial charge in [0.2, 0.25) is 0 Å². The van der Waals surface area contributed by atoms with Crippen molar-refractivity contribution in [3.63, 3.8) is 0 Å². The third-order valence-electron chi connectivity index (χ3n) is 4.36. The quantitative estimate of drug-likeness (QED) is 0.622. The van der Waals surface area contributed by atoms with Crippen LogP contribution in [-0.2, 0) is 23.8 Å². The molecule has 0 amide bonds. The molecule has 0 N–H and O–H groups in total. The molecule has 0 spiro atoms. The zero-order valence-corrected chi connectivity index (χ0v) is 16.7. The molecule has 0 bridgehead atoms. The number of benzene rings is 2. The normalized spacial score (nSPS) is 19.0. The van der Waals surface area contributed by atoms with Crippen molar-refractivity contribution in [2.75, 3.05) is 13.2 Å². The summed E-state index contributed by atoms with van der Waals surface area (Å²) < 4.78 is 42.0. The van der Waals surface area contributed by atoms with E-state index < -0.39 is 16.2 Å². The maximum Gasteiger partial charge on any atom is 0.297 e. The highest BCUT2D eigenvalue weighted by Crippen LogP contribution is 2.27. The van der Waals surface area contributed by atoms with E-state index in [9.17, 15) is 8.42 Å². The predicted octanol–water partition coefficient (Wildman–Crippen LogP) is 4.64. The molecule has 0 radical (unpaired) electrons. The number of aryl methyl sites for hydroxylation is 1. The van der Waals surface area contributed by atoms with Gasteiger partial charge in [-0.15, -0.1) is 0 Å². The van der Waals surface area contributed by atoms with Gasteiger partial charge in [0.05, 0.1) is 11.5 Å². The Morgan fingerprint density at radius 3 is 2.63 bits per heavy atom. The lowest BCUT2D eigenvalue weighted by Crippen LogP contribution is -2.27. The van der Waals surface area contributed by atoms with Gasteiger partial charge in [-0.25, -0.2) is 0 Å². The summed E-state index contributed by atoms with van der Waals surface area (Å²) >= 11 is 6.09. The highest BCUT2D eigenvalue weighted by atomic mass is 35.5. The summed E-state index contributed by atoms with van der Waals surface area (Å²) in [7, 11) is -3.88. The van der Waals surface area contributed by atoms with Crippen molar-refractivity contribution in [1.29, 1.82) is 0 Å². The van der Waals surface area contributed by atoms with E-state index >= 15 is 0 Å². The molecule has 2 aromatic rings. The van der Waals surface area contributed by atoms with E-state index in [1.54, 1.807) is 30.3 Å². The van der Waals surface area contributed by atoms with E-state index in [0.29, 0.717) is 11.6 Å². The molecular formula is C20H23ClO5S. The lowest BCUT2D eigenvalue weighted by atomic mass is 10.1. The maximum absolute atomic E-state index is 12.5. The molecule has 5 nitrogen and oxygen atoms in total. The van der Waals surface area contributed by atoms with E-state index in [0.717, 1.165) is 30.4 Å². The second-order valence-corrected chi connectivity index (χ2v) is 8.58. The predicted molar refractivity (Wildman–Crippen MR) is 103 cm³/mol. The van der Waals surface area contributed by atoms with Crippen LogP contribution in [0.15, 0.2) is 53.4 Å². The van der Waals surface area contributed by atoms with E-state index in [1.165, 1.54) is 12.1 Å². The lowest BCUT2D eigenvalue weighted by molar-refractivity contribution is -0.195. The molecule has 3 rings (SSSR count). The van der Waals surface area contributed by atoms with Crippen LogP contribution in [0.2, 0.25) is 5.02 Å². The molecule has 27 heavy (non-hydrogen) atoms. The fourth-order valence-corrected chi connectivity index (χ4v) is 3.95. The molecule has 146 valence electrons. The van der Waals surface area contributed by atoms with E-state index in [4.69, 9.17) is 25.3 Å². The number of ether oxygens (including phenoxy) is 2. The minimum absolute atomic E-state index is 0.117. The summed E-state index contributed by atoms with van der Waals surface area (Å²) in [6, 6.07) is 13.7. The van der Waals surface area contributed by atoms with Crippen LogP contribution < -0.4 is 0 Å². The Morgan fingerprint density at radius 1 is 1.19 bits per heavy atom. The molecule has 2 aromatic carbocycles. The Morgan fingerprint density at radius 2 is 1.96 bits per heavy atom. The van der Waals surface area contributed by atoms with Crippen LogP contribution in [0.5, 0.6) is 0 Å². The summed E-state index contributed by atoms with van der Waals surface area (Å²) in [5.41, 5.74) is 1.72. The molecule has 0 saturated carbocycles. The van der Waals surface area contributed by atoms with Gasteiger partial charge in [0.15, 0.2) is 6.29 Å². The zero-order chi connectivity index (χ0) is 19.3. The minimum Gasteiger partial charge on any atom is -0.353 e. The Labute approximate surface area is 165 Å². The molecule has 0 aromatic heterocycles. The van der Waals surface area contributed by atoms with Gasteiger partial charge in [-0.05, 0) is 56.0 Å². The molecular weight excluding hydrogens is 388 g/mol. The largest absolute Gasteiger partial charge is 0.353 e. The smallest absolute Gasteiger partial charge is 0.297 e. The van der Waals surface area contributed by atoms with E-state index in [-0.39, 0.29) is 17.8 Å². The Balaban J connectivity index is 1.75. The molecule has 2 atom stereocenters. The highest BCUT2D eigenvalue weighted by molar-refractivity contribution is 7.86. The maximum atomic E-state index is 12.5. The number of hydrogen-bond donors (Lipinski definition) is 0. The van der Waals surface area contributed by atoms with Gasteiger partial charge in [0.1, 0.15) is 6.10 Å². The molecule has 7 heteroatoms. The van der Waals surface area contributed by atoms with Crippen LogP contribution >= 0.6 is 11.6 Å². The van der Waals surface area contributed by atoms with E-state index in [2.05, 4.69) is 0 Å². The SMILES string of the molecule is Cc1ccc(S(=O)(=O)OC[C@H](O[C@H]2CCCCO2)c2cccc(Cl)c2)cc1. The summed E-state index contributed by atoms with van der Waals surface area (Å²) in [6.45, 7) is 2.37. The van der Waals surface area contributed by atoms with Crippen molar-refractivity contribution < 1.29 is 22.1 Å². The van der Waals surface area contributed by atoms with Crippen LogP contribution in [0.4, 0.5) is 0 Å². The van der Waals surface area contributed by atoms with Crippen LogP contribution in [-0.4, -0.2) is 27.9 Å². The van der Waals surface area contributed by atoms with Gasteiger partial charge >= 0.3 is 0 Å². The molecule has 1 heterocycles. The summed E-state index contributed by atoms with van der Waals surface area (Å²) in [5, 5.41) is 0.548. The van der Waals surface area contributed by atoms with Crippen LogP contribution in [0.3, 0.4) is 0 Å². The van der Waals surface area contributed by atoms with E-state index in [1.807, 2.05) is 13.0 Å². The Hall–Kier alpha value is -1.44. The highest BCUT2D eigenvalue weighted by Gasteiger charge is 2.25. The summed E-state index contributed by atoms with van der Waals surface area (Å²) in [6.07, 6.45) is 1.79. The van der Waals surface area contributed by atoms with Gasteiger partial charge in [-0.1, -0.05) is 41.4 Å². The van der Waals surface area contributed by atoms with Gasteiger partial charge in [0.25, 0.3) is 10.1 Å². The van der Waals surface area contributed by atoms with Gasteiger partial charge < -0.3 is 9.47 Å². The van der Waals surface area contributed by atoms with Crippen molar-refractivity contribution in [2.24, 2.45) is 0 Å². The minimum atomic E-state index is -3.88. The second-order valence-electron chi connectivity index (χ2n) is 6.53. The number of hydrogen-bond acceptors (Lipinski definition) is 5. The van der Waals surface area contributed by atoms with Crippen molar-refractivity contribution in [3.05, 3.63) is 64.7 Å². The lowest BCUT2D eigenvalue weighted by Gasteiger charge is -2.28. The topological polar surface area (TPSA) is 61.8 Å². The Kier molecular flexibility index (Phi) is 6.89. The molecule has 1 saturated heterocycles. The first kappa shape index (κ1) is 20.3. The summed E-state index contributed by atoms with van der Waals surface area (Å²) in [5.74, 6) is 0. The third-order valence-corrected chi connectivity index (χ3v) is 5.89. The first-order chi connectivity index (χ1) is 12.9. The van der Waals surface area contributed by atoms with Gasteiger partial charge in [-0.2, -0.15) is 8.42 Å². The third kappa shape index (κ3) is 5.77. The Bertz CT molecular complexity index is 845. The zero-order valence-electron chi connectivity index (χ0n) is 15.1. The monoisotopic (exact) mass is 410 g/mol. The second kappa shape index (κ2) is 9.17. The molecule has 0 aliphatic carbocycles. The average molecular weight is 411 g/mol. The standard InChI is InChI=1S/C20H23ClO5S/c1-15-8-10-18(11-9-15)27(22,23)25-14-19(16-5-4-6-17(21)13-16)26-20-7-2-3-12-24-20/h4-6,8-11,13,19-20H,2-3,7,12,14H2,1H3/t19-,20-/m0/s1. The van der Waals surface area contributed by atoms with Gasteiger partial charge in [0, 0.05) is 11.6 Å². The molecule has 1 aliphatic heterocycles. The molecule has 0 unspecified atom stereocenters. The molecule has 1 fully saturated rings. The van der Waals surface area contributed by atoms with Crippen molar-refractivity contribution >= 4 is 21.7 Å². The van der Waals surface area contributed by atoms with Gasteiger partial charge in [-0.3, -0.25) is 4.18 Å². The molecule has 1 aliphatic rings. The van der Waals surface area contributed by atoms with Crippen LogP contribution in [0.25, 0.3) is 0 Å². The fourth-order valence-electron chi connectivity index (χ4n) is 2.85. The fraction of sp³-hybridized carbons (Fsp3) is 0.400. The first-order valence-corrected chi connectivity index (χ1v) is 10.7. The van der Waals surface area contributed by atoms with Crippen molar-refractivity contribution in [1.82, 2.24) is 0 Å². The number of rotatable bonds is 7. The summed E-state index contributed by atoms with van der Waals surface area (Å²) in [4.78, 5) is 0.117. The van der Waals surface area contributed by atoms with Crippen molar-refractivity contribution in [3.8, 4) is 0 Å². The van der Waals surface area contributed by atoms with Crippen LogP contribution in [0, 0.1) is 6.92 Å². The average Bonchev–Trinajstić information content (AvgIpc) is 2.66. The van der Waals surface area contributed by atoms with Crippen molar-refractivity contribution in [2.45, 2.75) is 43.5 Å². The number of halogens is 1. The first-order valence-electron chi connectivity index (χ1n) is 8.93. The van der Waals surface area contributed by atoms with Crippen LogP contribution in [0.1, 0.15) is 36.5 Å².